The zero-order chi connectivity index (χ0) is 23.1. The van der Waals surface area contributed by atoms with Crippen LogP contribution in [0.1, 0.15) is 37.3 Å². The molecule has 0 saturated heterocycles. The van der Waals surface area contributed by atoms with E-state index in [0.717, 1.165) is 11.3 Å². The maximum absolute atomic E-state index is 13.1. The number of ether oxygens (including phenoxy) is 3. The second-order valence-electron chi connectivity index (χ2n) is 7.15. The fraction of sp³-hybridized carbons (Fsp3) is 0.333. The van der Waals surface area contributed by atoms with E-state index in [4.69, 9.17) is 14.2 Å². The SMILES string of the molecule is CCCOC(=O)C(C(=O)OCC)c1ccc2ncn(Cc3ccc(OC)cc3)c(=O)c2c1. The average molecular weight is 438 g/mol. The van der Waals surface area contributed by atoms with Crippen LogP contribution in [0, 0.1) is 0 Å². The van der Waals surface area contributed by atoms with E-state index in [1.54, 1.807) is 26.2 Å². The van der Waals surface area contributed by atoms with Crippen LogP contribution >= 0.6 is 0 Å². The lowest BCUT2D eigenvalue weighted by Crippen LogP contribution is -2.27. The van der Waals surface area contributed by atoms with Gasteiger partial charge in [0, 0.05) is 0 Å². The van der Waals surface area contributed by atoms with Crippen molar-refractivity contribution in [1.29, 1.82) is 0 Å². The number of hydrogen-bond donors (Lipinski definition) is 0. The summed E-state index contributed by atoms with van der Waals surface area (Å²) in [6.45, 7) is 4.16. The normalized spacial score (nSPS) is 11.7. The molecular formula is C24H26N2O6. The molecule has 1 aromatic heterocycles. The van der Waals surface area contributed by atoms with Crippen molar-refractivity contribution in [2.24, 2.45) is 0 Å². The third-order valence-electron chi connectivity index (χ3n) is 4.90. The quantitative estimate of drug-likeness (QED) is 0.374. The van der Waals surface area contributed by atoms with Gasteiger partial charge in [-0.25, -0.2) is 4.98 Å². The van der Waals surface area contributed by atoms with Gasteiger partial charge in [0.05, 0.1) is 44.1 Å². The summed E-state index contributed by atoms with van der Waals surface area (Å²) < 4.78 is 16.9. The molecule has 0 bridgehead atoms. The Labute approximate surface area is 185 Å². The molecule has 1 unspecified atom stereocenters. The van der Waals surface area contributed by atoms with Crippen molar-refractivity contribution in [3.8, 4) is 5.75 Å². The van der Waals surface area contributed by atoms with Crippen molar-refractivity contribution in [2.45, 2.75) is 32.7 Å². The molecule has 1 heterocycles. The summed E-state index contributed by atoms with van der Waals surface area (Å²) in [5.74, 6) is -1.95. The number of hydrogen-bond acceptors (Lipinski definition) is 7. The molecule has 0 aliphatic carbocycles. The van der Waals surface area contributed by atoms with E-state index in [9.17, 15) is 14.4 Å². The molecule has 8 nitrogen and oxygen atoms in total. The zero-order valence-corrected chi connectivity index (χ0v) is 18.4. The van der Waals surface area contributed by atoms with E-state index in [1.807, 2.05) is 31.2 Å². The van der Waals surface area contributed by atoms with Gasteiger partial charge in [-0.05, 0) is 48.7 Å². The zero-order valence-electron chi connectivity index (χ0n) is 18.4. The van der Waals surface area contributed by atoms with Crippen LogP contribution in [0.2, 0.25) is 0 Å². The van der Waals surface area contributed by atoms with Crippen molar-refractivity contribution in [2.75, 3.05) is 20.3 Å². The van der Waals surface area contributed by atoms with Crippen molar-refractivity contribution in [1.82, 2.24) is 9.55 Å². The Hall–Kier alpha value is -3.68. The number of methoxy groups -OCH3 is 1. The van der Waals surface area contributed by atoms with Gasteiger partial charge in [-0.2, -0.15) is 0 Å². The molecule has 8 heteroatoms. The van der Waals surface area contributed by atoms with Crippen LogP contribution in [0.25, 0.3) is 10.9 Å². The molecule has 0 radical (unpaired) electrons. The number of benzene rings is 2. The topological polar surface area (TPSA) is 96.7 Å². The number of rotatable bonds is 9. The second kappa shape index (κ2) is 10.6. The van der Waals surface area contributed by atoms with E-state index < -0.39 is 17.9 Å². The summed E-state index contributed by atoms with van der Waals surface area (Å²) in [5.41, 5.74) is 1.42. The van der Waals surface area contributed by atoms with Gasteiger partial charge in [-0.3, -0.25) is 19.0 Å². The Balaban J connectivity index is 1.99. The molecule has 0 aliphatic rings. The molecule has 0 spiro atoms. The van der Waals surface area contributed by atoms with Crippen LogP contribution < -0.4 is 10.3 Å². The van der Waals surface area contributed by atoms with Gasteiger partial charge in [0.25, 0.3) is 5.56 Å². The van der Waals surface area contributed by atoms with Crippen LogP contribution in [-0.2, 0) is 25.6 Å². The Morgan fingerprint density at radius 1 is 1.03 bits per heavy atom. The van der Waals surface area contributed by atoms with Crippen LogP contribution in [-0.4, -0.2) is 41.8 Å². The minimum absolute atomic E-state index is 0.125. The van der Waals surface area contributed by atoms with Crippen LogP contribution in [0.3, 0.4) is 0 Å². The molecule has 0 amide bonds. The Kier molecular flexibility index (Phi) is 7.59. The molecule has 168 valence electrons. The van der Waals surface area contributed by atoms with E-state index >= 15 is 0 Å². The molecular weight excluding hydrogens is 412 g/mol. The first kappa shape index (κ1) is 23.0. The second-order valence-corrected chi connectivity index (χ2v) is 7.15. The van der Waals surface area contributed by atoms with Gasteiger partial charge in [0.15, 0.2) is 5.92 Å². The first-order valence-corrected chi connectivity index (χ1v) is 10.4. The van der Waals surface area contributed by atoms with Crippen molar-refractivity contribution in [3.05, 3.63) is 70.3 Å². The minimum atomic E-state index is -1.26. The highest BCUT2D eigenvalue weighted by atomic mass is 16.6. The molecule has 0 aliphatic heterocycles. The van der Waals surface area contributed by atoms with Gasteiger partial charge >= 0.3 is 11.9 Å². The van der Waals surface area contributed by atoms with Gasteiger partial charge in [-0.15, -0.1) is 0 Å². The fourth-order valence-electron chi connectivity index (χ4n) is 3.28. The Bertz CT molecular complexity index is 1150. The summed E-state index contributed by atoms with van der Waals surface area (Å²) >= 11 is 0. The predicted molar refractivity (Wildman–Crippen MR) is 119 cm³/mol. The first-order valence-electron chi connectivity index (χ1n) is 10.4. The third kappa shape index (κ3) is 5.14. The summed E-state index contributed by atoms with van der Waals surface area (Å²) in [6.07, 6.45) is 2.10. The average Bonchev–Trinajstić information content (AvgIpc) is 2.80. The standard InChI is InChI=1S/C24H26N2O6/c1-4-12-32-24(29)21(23(28)31-5-2)17-8-11-20-19(13-17)22(27)26(15-25-20)14-16-6-9-18(30-3)10-7-16/h6-11,13,15,21H,4-5,12,14H2,1-3H3. The molecule has 0 fully saturated rings. The highest BCUT2D eigenvalue weighted by Gasteiger charge is 2.32. The largest absolute Gasteiger partial charge is 0.497 e. The summed E-state index contributed by atoms with van der Waals surface area (Å²) in [5, 5.41) is 0.302. The molecule has 0 saturated carbocycles. The minimum Gasteiger partial charge on any atom is -0.497 e. The molecule has 32 heavy (non-hydrogen) atoms. The molecule has 0 N–H and O–H groups in total. The lowest BCUT2D eigenvalue weighted by atomic mass is 9.97. The predicted octanol–water partition coefficient (Wildman–Crippen LogP) is 3.05. The number of carbonyl (C=O) groups is 2. The number of nitrogens with zero attached hydrogens (tertiary/aromatic N) is 2. The van der Waals surface area contributed by atoms with Crippen LogP contribution in [0.4, 0.5) is 0 Å². The molecule has 3 rings (SSSR count). The highest BCUT2D eigenvalue weighted by Crippen LogP contribution is 2.23. The maximum Gasteiger partial charge on any atom is 0.324 e. The van der Waals surface area contributed by atoms with E-state index in [1.165, 1.54) is 17.0 Å². The van der Waals surface area contributed by atoms with Crippen LogP contribution in [0.15, 0.2) is 53.6 Å². The number of fused-ring (bicyclic) bond motifs is 1. The molecule has 3 aromatic rings. The van der Waals surface area contributed by atoms with Gasteiger partial charge in [-0.1, -0.05) is 25.1 Å². The number of esters is 2. The summed E-state index contributed by atoms with van der Waals surface area (Å²) in [6, 6.07) is 12.1. The van der Waals surface area contributed by atoms with Crippen LogP contribution in [0.5, 0.6) is 5.75 Å². The number of carbonyl (C=O) groups excluding carboxylic acids is 2. The van der Waals surface area contributed by atoms with Gasteiger partial charge in [0.2, 0.25) is 0 Å². The fourth-order valence-corrected chi connectivity index (χ4v) is 3.28. The summed E-state index contributed by atoms with van der Waals surface area (Å²) in [4.78, 5) is 42.6. The van der Waals surface area contributed by atoms with E-state index in [0.29, 0.717) is 29.4 Å². The Morgan fingerprint density at radius 3 is 2.41 bits per heavy atom. The molecule has 2 aromatic carbocycles. The van der Waals surface area contributed by atoms with E-state index in [2.05, 4.69) is 4.98 Å². The van der Waals surface area contributed by atoms with Crippen molar-refractivity contribution < 1.29 is 23.8 Å². The molecule has 1 atom stereocenters. The van der Waals surface area contributed by atoms with Gasteiger partial charge < -0.3 is 14.2 Å². The van der Waals surface area contributed by atoms with Crippen molar-refractivity contribution >= 4 is 22.8 Å². The first-order chi connectivity index (χ1) is 15.5. The van der Waals surface area contributed by atoms with E-state index in [-0.39, 0.29) is 18.8 Å². The van der Waals surface area contributed by atoms with Crippen molar-refractivity contribution in [3.63, 3.8) is 0 Å². The Morgan fingerprint density at radius 2 is 1.75 bits per heavy atom. The smallest absolute Gasteiger partial charge is 0.324 e. The highest BCUT2D eigenvalue weighted by molar-refractivity contribution is 6.01. The lowest BCUT2D eigenvalue weighted by molar-refractivity contribution is -0.157. The third-order valence-corrected chi connectivity index (χ3v) is 4.90. The van der Waals surface area contributed by atoms with Gasteiger partial charge in [0.1, 0.15) is 5.75 Å². The summed E-state index contributed by atoms with van der Waals surface area (Å²) in [7, 11) is 1.59. The number of aromatic nitrogens is 2. The lowest BCUT2D eigenvalue weighted by Gasteiger charge is -2.16. The monoisotopic (exact) mass is 438 g/mol. The maximum atomic E-state index is 13.1.